The Kier molecular flexibility index (Phi) is 7.29. The third-order valence-electron chi connectivity index (χ3n) is 3.84. The van der Waals surface area contributed by atoms with Gasteiger partial charge in [0.2, 0.25) is 10.0 Å². The van der Waals surface area contributed by atoms with Crippen molar-refractivity contribution in [3.8, 4) is 0 Å². The molecule has 142 valence electrons. The van der Waals surface area contributed by atoms with E-state index in [0.717, 1.165) is 23.4 Å². The van der Waals surface area contributed by atoms with Gasteiger partial charge in [0.1, 0.15) is 4.21 Å². The second kappa shape index (κ2) is 9.25. The van der Waals surface area contributed by atoms with Crippen molar-refractivity contribution in [3.05, 3.63) is 88.3 Å². The first-order valence-corrected chi connectivity index (χ1v) is 10.4. The van der Waals surface area contributed by atoms with Crippen molar-refractivity contribution >= 4 is 39.6 Å². The van der Waals surface area contributed by atoms with Crippen molar-refractivity contribution in [2.45, 2.75) is 17.3 Å². The van der Waals surface area contributed by atoms with E-state index in [0.29, 0.717) is 17.7 Å². The van der Waals surface area contributed by atoms with E-state index in [4.69, 9.17) is 5.14 Å². The number of hydrogen-bond donors (Lipinski definition) is 2. The number of carbonyl (C=O) groups excluding carboxylic acids is 1. The molecule has 5 nitrogen and oxygen atoms in total. The lowest BCUT2D eigenvalue weighted by Crippen LogP contribution is -2.12. The molecule has 0 aliphatic heterocycles. The topological polar surface area (TPSA) is 89.3 Å². The predicted octanol–water partition coefficient (Wildman–Crippen LogP) is 3.34. The van der Waals surface area contributed by atoms with Gasteiger partial charge in [-0.05, 0) is 17.2 Å². The largest absolute Gasteiger partial charge is 0.309 e. The first-order chi connectivity index (χ1) is 12.4. The van der Waals surface area contributed by atoms with Gasteiger partial charge in [-0.2, -0.15) is 0 Å². The van der Waals surface area contributed by atoms with Crippen LogP contribution in [0.25, 0.3) is 0 Å². The van der Waals surface area contributed by atoms with E-state index in [9.17, 15) is 13.2 Å². The van der Waals surface area contributed by atoms with E-state index in [1.165, 1.54) is 17.0 Å². The minimum absolute atomic E-state index is 0. The van der Waals surface area contributed by atoms with Crippen molar-refractivity contribution in [2.75, 3.05) is 0 Å². The third-order valence-corrected chi connectivity index (χ3v) is 6.22. The molecule has 0 aliphatic carbocycles. The summed E-state index contributed by atoms with van der Waals surface area (Å²) in [5, 5.41) is 9.95. The predicted molar refractivity (Wildman–Crippen MR) is 110 cm³/mol. The average Bonchev–Trinajstić information content (AvgIpc) is 3.13. The summed E-state index contributed by atoms with van der Waals surface area (Å²) in [6, 6.07) is 18.7. The number of rotatable bonds is 7. The van der Waals surface area contributed by atoms with Crippen LogP contribution in [-0.4, -0.2) is 14.2 Å². The molecule has 0 saturated heterocycles. The Morgan fingerprint density at radius 2 is 1.52 bits per heavy atom. The van der Waals surface area contributed by atoms with Gasteiger partial charge in [0, 0.05) is 29.6 Å². The van der Waals surface area contributed by atoms with Crippen LogP contribution in [0.2, 0.25) is 0 Å². The standard InChI is InChI=1S/C19H18N2O3S2.ClH/c20-26(23,24)18-10-17(13-25-18)19(22)16-8-6-15(7-9-16)12-21-11-14-4-2-1-3-5-14;/h1-10,13,21H,11-12H2,(H2,20,23,24);1H. The molecule has 3 rings (SSSR count). The second-order valence-electron chi connectivity index (χ2n) is 5.81. The zero-order valence-electron chi connectivity index (χ0n) is 14.3. The van der Waals surface area contributed by atoms with Crippen LogP contribution in [0.5, 0.6) is 0 Å². The Balaban J connectivity index is 0.00000261. The molecule has 1 aromatic heterocycles. The summed E-state index contributed by atoms with van der Waals surface area (Å²) in [4.78, 5) is 12.5. The molecule has 2 aromatic carbocycles. The zero-order chi connectivity index (χ0) is 18.6. The number of nitrogens with two attached hydrogens (primary N) is 1. The maximum absolute atomic E-state index is 12.5. The average molecular weight is 423 g/mol. The molecule has 3 N–H and O–H groups in total. The summed E-state index contributed by atoms with van der Waals surface area (Å²) in [6.45, 7) is 1.46. The van der Waals surface area contributed by atoms with Crippen molar-refractivity contribution in [1.82, 2.24) is 5.32 Å². The molecule has 0 saturated carbocycles. The van der Waals surface area contributed by atoms with E-state index < -0.39 is 10.0 Å². The number of hydrogen-bond acceptors (Lipinski definition) is 5. The fourth-order valence-corrected chi connectivity index (χ4v) is 4.06. The molecule has 0 radical (unpaired) electrons. The van der Waals surface area contributed by atoms with Crippen molar-refractivity contribution < 1.29 is 13.2 Å². The molecule has 27 heavy (non-hydrogen) atoms. The Morgan fingerprint density at radius 1 is 0.926 bits per heavy atom. The molecule has 1 heterocycles. The quantitative estimate of drug-likeness (QED) is 0.571. The van der Waals surface area contributed by atoms with E-state index in [2.05, 4.69) is 17.4 Å². The van der Waals surface area contributed by atoms with Gasteiger partial charge >= 0.3 is 0 Å². The highest BCUT2D eigenvalue weighted by Crippen LogP contribution is 2.21. The number of halogens is 1. The van der Waals surface area contributed by atoms with Gasteiger partial charge in [-0.1, -0.05) is 54.6 Å². The number of carbonyl (C=O) groups is 1. The number of benzene rings is 2. The fourth-order valence-electron chi connectivity index (χ4n) is 2.47. The molecule has 0 unspecified atom stereocenters. The van der Waals surface area contributed by atoms with Crippen molar-refractivity contribution in [2.24, 2.45) is 5.14 Å². The highest BCUT2D eigenvalue weighted by atomic mass is 35.5. The van der Waals surface area contributed by atoms with Crippen molar-refractivity contribution in [3.63, 3.8) is 0 Å². The summed E-state index contributed by atoms with van der Waals surface area (Å²) in [5.74, 6) is -0.222. The minimum atomic E-state index is -3.78. The molecule has 0 spiro atoms. The van der Waals surface area contributed by atoms with E-state index >= 15 is 0 Å². The maximum atomic E-state index is 12.5. The fraction of sp³-hybridized carbons (Fsp3) is 0.105. The van der Waals surface area contributed by atoms with Crippen LogP contribution in [0.15, 0.2) is 70.3 Å². The molecular weight excluding hydrogens is 404 g/mol. The number of nitrogens with one attached hydrogen (secondary N) is 1. The first-order valence-electron chi connectivity index (χ1n) is 7.93. The Bertz CT molecular complexity index is 1000. The van der Waals surface area contributed by atoms with Gasteiger partial charge in [-0.15, -0.1) is 23.7 Å². The van der Waals surface area contributed by atoms with Crippen LogP contribution in [0.4, 0.5) is 0 Å². The van der Waals surface area contributed by atoms with E-state index in [-0.39, 0.29) is 22.4 Å². The van der Waals surface area contributed by atoms with Crippen LogP contribution in [0, 0.1) is 0 Å². The molecule has 0 aliphatic rings. The number of sulfonamides is 1. The van der Waals surface area contributed by atoms with E-state index in [1.54, 1.807) is 12.1 Å². The number of ketones is 1. The Labute approximate surface area is 168 Å². The van der Waals surface area contributed by atoms with Crippen molar-refractivity contribution in [1.29, 1.82) is 0 Å². The Morgan fingerprint density at radius 3 is 2.07 bits per heavy atom. The van der Waals surface area contributed by atoms with E-state index in [1.807, 2.05) is 30.3 Å². The molecule has 0 bridgehead atoms. The highest BCUT2D eigenvalue weighted by Gasteiger charge is 2.16. The van der Waals surface area contributed by atoms with Gasteiger partial charge in [-0.25, -0.2) is 13.6 Å². The smallest absolute Gasteiger partial charge is 0.247 e. The molecule has 3 aromatic rings. The molecule has 0 fully saturated rings. The molecule has 0 amide bonds. The Hall–Kier alpha value is -2.03. The van der Waals surface area contributed by atoms with Gasteiger partial charge < -0.3 is 5.32 Å². The lowest BCUT2D eigenvalue weighted by Gasteiger charge is -2.06. The van der Waals surface area contributed by atoms with Gasteiger partial charge in [-0.3, -0.25) is 4.79 Å². The molecule has 8 heteroatoms. The first kappa shape index (κ1) is 21.3. The van der Waals surface area contributed by atoms with Crippen LogP contribution < -0.4 is 10.5 Å². The van der Waals surface area contributed by atoms with Crippen LogP contribution in [0.1, 0.15) is 27.0 Å². The minimum Gasteiger partial charge on any atom is -0.309 e. The summed E-state index contributed by atoms with van der Waals surface area (Å²) in [5.41, 5.74) is 3.11. The number of primary sulfonamides is 1. The lowest BCUT2D eigenvalue weighted by atomic mass is 10.0. The molecular formula is C19H19ClN2O3S2. The third kappa shape index (κ3) is 5.72. The van der Waals surface area contributed by atoms with Crippen LogP contribution in [0.3, 0.4) is 0 Å². The summed E-state index contributed by atoms with van der Waals surface area (Å²) >= 11 is 0.948. The SMILES string of the molecule is Cl.NS(=O)(=O)c1cc(C(=O)c2ccc(CNCc3ccccc3)cc2)cs1. The lowest BCUT2D eigenvalue weighted by molar-refractivity contribution is 0.103. The van der Waals surface area contributed by atoms with Crippen LogP contribution in [-0.2, 0) is 23.1 Å². The summed E-state index contributed by atoms with van der Waals surface area (Å²) in [7, 11) is -3.78. The monoisotopic (exact) mass is 422 g/mol. The normalized spacial score (nSPS) is 11.0. The second-order valence-corrected chi connectivity index (χ2v) is 8.51. The molecule has 0 atom stereocenters. The van der Waals surface area contributed by atoms with Crippen LogP contribution >= 0.6 is 23.7 Å². The van der Waals surface area contributed by atoms with Gasteiger partial charge in [0.15, 0.2) is 5.78 Å². The van der Waals surface area contributed by atoms with Gasteiger partial charge in [0.25, 0.3) is 0 Å². The zero-order valence-corrected chi connectivity index (χ0v) is 16.7. The summed E-state index contributed by atoms with van der Waals surface area (Å²) < 4.78 is 22.6. The highest BCUT2D eigenvalue weighted by molar-refractivity contribution is 7.91. The maximum Gasteiger partial charge on any atom is 0.247 e. The van der Waals surface area contributed by atoms with Gasteiger partial charge in [0.05, 0.1) is 0 Å². The summed E-state index contributed by atoms with van der Waals surface area (Å²) in [6.07, 6.45) is 0. The number of thiophene rings is 1.